The predicted octanol–water partition coefficient (Wildman–Crippen LogP) is 3.00. The molecule has 1 aromatic carbocycles. The van der Waals surface area contributed by atoms with Crippen LogP contribution in [0.25, 0.3) is 0 Å². The number of hydrogen-bond acceptors (Lipinski definition) is 3. The summed E-state index contributed by atoms with van der Waals surface area (Å²) in [5, 5.41) is 0. The molecule has 0 radical (unpaired) electrons. The van der Waals surface area contributed by atoms with Gasteiger partial charge >= 0.3 is 10.4 Å². The lowest BCUT2D eigenvalue weighted by molar-refractivity contribution is 0.169. The molecule has 0 fully saturated rings. The van der Waals surface area contributed by atoms with Crippen LogP contribution in [0.1, 0.15) is 38.2 Å². The molecule has 0 bridgehead atoms. The summed E-state index contributed by atoms with van der Waals surface area (Å²) in [6.45, 7) is 2.08. The van der Waals surface area contributed by atoms with E-state index in [4.69, 9.17) is 8.74 Å². The lowest BCUT2D eigenvalue weighted by Crippen LogP contribution is -2.20. The molecule has 0 aliphatic rings. The summed E-state index contributed by atoms with van der Waals surface area (Å²) >= 11 is 0. The van der Waals surface area contributed by atoms with Crippen molar-refractivity contribution in [1.29, 1.82) is 0 Å². The molecule has 0 amide bonds. The second-order valence-electron chi connectivity index (χ2n) is 4.33. The summed E-state index contributed by atoms with van der Waals surface area (Å²) in [5.74, 6) is 0. The minimum atomic E-state index is -4.38. The smallest absolute Gasteiger partial charge is 0.264 e. The Morgan fingerprint density at radius 1 is 1.22 bits per heavy atom. The van der Waals surface area contributed by atoms with Crippen LogP contribution >= 0.6 is 0 Å². The van der Waals surface area contributed by atoms with Gasteiger partial charge in [0, 0.05) is 6.42 Å². The van der Waals surface area contributed by atoms with Crippen LogP contribution in [0.15, 0.2) is 30.3 Å². The minimum Gasteiger partial charge on any atom is -0.264 e. The Balaban J connectivity index is 2.59. The predicted molar refractivity (Wildman–Crippen MR) is 70.7 cm³/mol. The van der Waals surface area contributed by atoms with E-state index in [1.807, 2.05) is 30.3 Å². The van der Waals surface area contributed by atoms with Crippen molar-refractivity contribution >= 4 is 10.4 Å². The Kier molecular flexibility index (Phi) is 6.32. The highest BCUT2D eigenvalue weighted by atomic mass is 32.3. The van der Waals surface area contributed by atoms with Crippen molar-refractivity contribution < 1.29 is 17.2 Å². The van der Waals surface area contributed by atoms with Crippen molar-refractivity contribution in [3.05, 3.63) is 35.9 Å². The maximum Gasteiger partial charge on any atom is 0.397 e. The quantitative estimate of drug-likeness (QED) is 0.583. The molecule has 1 N–H and O–H groups in total. The van der Waals surface area contributed by atoms with Gasteiger partial charge in [0.25, 0.3) is 0 Å². The molecule has 0 aromatic heterocycles. The summed E-state index contributed by atoms with van der Waals surface area (Å²) in [7, 11) is -4.38. The van der Waals surface area contributed by atoms with Crippen LogP contribution in [-0.4, -0.2) is 19.1 Å². The Hall–Kier alpha value is -0.910. The topological polar surface area (TPSA) is 63.6 Å². The molecule has 1 rings (SSSR count). The molecule has 0 spiro atoms. The lowest BCUT2D eigenvalue weighted by atomic mass is 10.0. The van der Waals surface area contributed by atoms with E-state index in [1.54, 1.807) is 0 Å². The van der Waals surface area contributed by atoms with Crippen molar-refractivity contribution in [2.24, 2.45) is 0 Å². The van der Waals surface area contributed by atoms with Gasteiger partial charge in [-0.15, -0.1) is 0 Å². The first-order valence-corrected chi connectivity index (χ1v) is 7.57. The Morgan fingerprint density at radius 2 is 1.89 bits per heavy atom. The van der Waals surface area contributed by atoms with Gasteiger partial charge in [0.1, 0.15) is 0 Å². The molecular weight excluding hydrogens is 252 g/mol. The standard InChI is InChI=1S/C13H20O4S/c1-2-3-5-10-13(17-18(14,15)16)11-12-8-6-4-7-9-12/h4,6-9,13H,2-3,5,10-11H2,1H3,(H,14,15,16). The monoisotopic (exact) mass is 272 g/mol. The largest absolute Gasteiger partial charge is 0.397 e. The zero-order chi connectivity index (χ0) is 13.4. The van der Waals surface area contributed by atoms with E-state index in [-0.39, 0.29) is 0 Å². The van der Waals surface area contributed by atoms with Gasteiger partial charge in [-0.05, 0) is 12.0 Å². The van der Waals surface area contributed by atoms with Crippen molar-refractivity contribution in [3.8, 4) is 0 Å². The fourth-order valence-electron chi connectivity index (χ4n) is 1.86. The van der Waals surface area contributed by atoms with Crippen molar-refractivity contribution in [2.75, 3.05) is 0 Å². The van der Waals surface area contributed by atoms with E-state index in [0.29, 0.717) is 12.8 Å². The Bertz CT molecular complexity index is 428. The van der Waals surface area contributed by atoms with E-state index in [1.165, 1.54) is 0 Å². The summed E-state index contributed by atoms with van der Waals surface area (Å²) < 4.78 is 35.1. The SMILES string of the molecule is CCCCCC(Cc1ccccc1)OS(=O)(=O)O. The number of unbranched alkanes of at least 4 members (excludes halogenated alkanes) is 2. The summed E-state index contributed by atoms with van der Waals surface area (Å²) in [6, 6.07) is 9.53. The molecule has 0 saturated heterocycles. The number of benzene rings is 1. The summed E-state index contributed by atoms with van der Waals surface area (Å²) in [5.41, 5.74) is 1.00. The van der Waals surface area contributed by atoms with E-state index >= 15 is 0 Å². The molecule has 5 heteroatoms. The molecule has 0 aliphatic carbocycles. The first-order valence-electron chi connectivity index (χ1n) is 6.21. The zero-order valence-corrected chi connectivity index (χ0v) is 11.4. The van der Waals surface area contributed by atoms with E-state index in [9.17, 15) is 8.42 Å². The third-order valence-electron chi connectivity index (χ3n) is 2.69. The molecule has 18 heavy (non-hydrogen) atoms. The molecule has 1 atom stereocenters. The fraction of sp³-hybridized carbons (Fsp3) is 0.538. The third kappa shape index (κ3) is 6.74. The van der Waals surface area contributed by atoms with Gasteiger partial charge in [0.2, 0.25) is 0 Å². The van der Waals surface area contributed by atoms with Crippen LogP contribution < -0.4 is 0 Å². The highest BCUT2D eigenvalue weighted by Gasteiger charge is 2.17. The molecular formula is C13H20O4S. The van der Waals surface area contributed by atoms with Crippen LogP contribution in [0.5, 0.6) is 0 Å². The molecule has 0 aliphatic heterocycles. The fourth-order valence-corrected chi connectivity index (χ4v) is 2.36. The molecule has 1 unspecified atom stereocenters. The number of rotatable bonds is 8. The summed E-state index contributed by atoms with van der Waals surface area (Å²) in [4.78, 5) is 0. The van der Waals surface area contributed by atoms with Gasteiger partial charge in [-0.25, -0.2) is 4.18 Å². The maximum atomic E-state index is 10.8. The normalized spacial score (nSPS) is 13.4. The van der Waals surface area contributed by atoms with Gasteiger partial charge in [0.05, 0.1) is 6.10 Å². The van der Waals surface area contributed by atoms with Gasteiger partial charge in [0.15, 0.2) is 0 Å². The zero-order valence-electron chi connectivity index (χ0n) is 10.6. The lowest BCUT2D eigenvalue weighted by Gasteiger charge is -2.15. The van der Waals surface area contributed by atoms with Crippen molar-refractivity contribution in [1.82, 2.24) is 0 Å². The summed E-state index contributed by atoms with van der Waals surface area (Å²) in [6.07, 6.45) is 3.61. The highest BCUT2D eigenvalue weighted by molar-refractivity contribution is 7.80. The minimum absolute atomic E-state index is 0.490. The van der Waals surface area contributed by atoms with Crippen LogP contribution in [0, 0.1) is 0 Å². The second kappa shape index (κ2) is 7.51. The van der Waals surface area contributed by atoms with E-state index in [0.717, 1.165) is 24.8 Å². The third-order valence-corrected chi connectivity index (χ3v) is 3.21. The van der Waals surface area contributed by atoms with Crippen molar-refractivity contribution in [2.45, 2.75) is 45.1 Å². The van der Waals surface area contributed by atoms with Crippen LogP contribution in [0.2, 0.25) is 0 Å². The van der Waals surface area contributed by atoms with Gasteiger partial charge in [-0.2, -0.15) is 8.42 Å². The average molecular weight is 272 g/mol. The highest BCUT2D eigenvalue weighted by Crippen LogP contribution is 2.14. The molecule has 4 nitrogen and oxygen atoms in total. The molecule has 1 aromatic rings. The van der Waals surface area contributed by atoms with Gasteiger partial charge < -0.3 is 0 Å². The van der Waals surface area contributed by atoms with E-state index < -0.39 is 16.5 Å². The Labute approximate surface area is 109 Å². The van der Waals surface area contributed by atoms with E-state index in [2.05, 4.69) is 6.92 Å². The number of hydrogen-bond donors (Lipinski definition) is 1. The van der Waals surface area contributed by atoms with Crippen LogP contribution in [-0.2, 0) is 21.0 Å². The van der Waals surface area contributed by atoms with Crippen LogP contribution in [0.3, 0.4) is 0 Å². The first-order chi connectivity index (χ1) is 8.51. The Morgan fingerprint density at radius 3 is 2.44 bits per heavy atom. The van der Waals surface area contributed by atoms with Gasteiger partial charge in [-0.3, -0.25) is 4.55 Å². The molecule has 0 saturated carbocycles. The van der Waals surface area contributed by atoms with Crippen molar-refractivity contribution in [3.63, 3.8) is 0 Å². The van der Waals surface area contributed by atoms with Gasteiger partial charge in [-0.1, -0.05) is 56.5 Å². The molecule has 102 valence electrons. The average Bonchev–Trinajstić information content (AvgIpc) is 2.28. The molecule has 0 heterocycles. The first kappa shape index (κ1) is 15.1. The van der Waals surface area contributed by atoms with Crippen LogP contribution in [0.4, 0.5) is 0 Å². The maximum absolute atomic E-state index is 10.8. The second-order valence-corrected chi connectivity index (χ2v) is 5.38.